The highest BCUT2D eigenvalue weighted by atomic mass is 16.5. The molecule has 0 fully saturated rings. The summed E-state index contributed by atoms with van der Waals surface area (Å²) in [6.07, 6.45) is 11.6. The van der Waals surface area contributed by atoms with Crippen LogP contribution in [0.5, 0.6) is 5.75 Å². The second-order valence-electron chi connectivity index (χ2n) is 8.89. The van der Waals surface area contributed by atoms with E-state index in [4.69, 9.17) is 4.74 Å². The molecule has 25 heavy (non-hydrogen) atoms. The molecule has 0 unspecified atom stereocenters. The molecule has 2 atom stereocenters. The fourth-order valence-corrected chi connectivity index (χ4v) is 5.71. The van der Waals surface area contributed by atoms with Gasteiger partial charge in [0.1, 0.15) is 11.4 Å². The molecule has 134 valence electrons. The molecule has 0 amide bonds. The Labute approximate surface area is 151 Å². The van der Waals surface area contributed by atoms with Gasteiger partial charge in [0.25, 0.3) is 0 Å². The Bertz CT molecular complexity index is 756. The minimum atomic E-state index is -0.221. The normalized spacial score (nSPS) is 28.2. The predicted octanol–water partition coefficient (Wildman–Crippen LogP) is 5.55. The van der Waals surface area contributed by atoms with Crippen LogP contribution in [0, 0.1) is 5.92 Å². The molecule has 1 heterocycles. The minimum absolute atomic E-state index is 0.106. The van der Waals surface area contributed by atoms with Gasteiger partial charge in [0.15, 0.2) is 6.29 Å². The van der Waals surface area contributed by atoms with Crippen molar-refractivity contribution < 1.29 is 9.53 Å². The maximum Gasteiger partial charge on any atom is 0.154 e. The number of aryl methyl sites for hydroxylation is 1. The zero-order chi connectivity index (χ0) is 17.8. The van der Waals surface area contributed by atoms with Crippen LogP contribution >= 0.6 is 0 Å². The highest BCUT2D eigenvalue weighted by Gasteiger charge is 2.59. The van der Waals surface area contributed by atoms with E-state index in [2.05, 4.69) is 39.8 Å². The van der Waals surface area contributed by atoms with Gasteiger partial charge in [-0.2, -0.15) is 0 Å². The molecule has 0 aromatic heterocycles. The number of carbonyl (C=O) groups is 1. The van der Waals surface area contributed by atoms with E-state index >= 15 is 0 Å². The van der Waals surface area contributed by atoms with Crippen molar-refractivity contribution in [1.29, 1.82) is 0 Å². The molecule has 0 N–H and O–H groups in total. The van der Waals surface area contributed by atoms with E-state index < -0.39 is 0 Å². The maximum atomic E-state index is 12.0. The fourth-order valence-electron chi connectivity index (χ4n) is 5.71. The SMILES string of the molecule is CCCCCc1cc2c3c(c1C=O)OC(C)(C)[C@@H]1CCC(C)=C[C@@]31C2. The molecule has 1 aliphatic heterocycles. The average molecular weight is 338 g/mol. The Morgan fingerprint density at radius 1 is 1.32 bits per heavy atom. The van der Waals surface area contributed by atoms with Gasteiger partial charge in [-0.05, 0) is 64.0 Å². The van der Waals surface area contributed by atoms with Crippen LogP contribution in [0.1, 0.15) is 86.8 Å². The Kier molecular flexibility index (Phi) is 3.86. The van der Waals surface area contributed by atoms with Gasteiger partial charge in [-0.15, -0.1) is 0 Å². The lowest BCUT2D eigenvalue weighted by molar-refractivity contribution is -0.0284. The van der Waals surface area contributed by atoms with Crippen molar-refractivity contribution in [2.45, 2.75) is 83.7 Å². The van der Waals surface area contributed by atoms with E-state index in [9.17, 15) is 4.79 Å². The summed E-state index contributed by atoms with van der Waals surface area (Å²) >= 11 is 0. The van der Waals surface area contributed by atoms with Crippen molar-refractivity contribution in [3.05, 3.63) is 40.0 Å². The predicted molar refractivity (Wildman–Crippen MR) is 102 cm³/mol. The van der Waals surface area contributed by atoms with Crippen LogP contribution in [0.3, 0.4) is 0 Å². The molecule has 2 heteroatoms. The fraction of sp³-hybridized carbons (Fsp3) is 0.609. The first-order valence-electron chi connectivity index (χ1n) is 9.94. The highest BCUT2D eigenvalue weighted by Crippen LogP contribution is 2.63. The van der Waals surface area contributed by atoms with Gasteiger partial charge in [0, 0.05) is 16.9 Å². The first kappa shape index (κ1) is 16.9. The zero-order valence-corrected chi connectivity index (χ0v) is 16.1. The van der Waals surface area contributed by atoms with Crippen LogP contribution < -0.4 is 4.74 Å². The molecule has 2 aliphatic carbocycles. The Morgan fingerprint density at radius 2 is 2.12 bits per heavy atom. The van der Waals surface area contributed by atoms with E-state index in [1.165, 1.54) is 47.9 Å². The van der Waals surface area contributed by atoms with E-state index in [-0.39, 0.29) is 11.0 Å². The number of benzene rings is 1. The zero-order valence-electron chi connectivity index (χ0n) is 16.1. The summed E-state index contributed by atoms with van der Waals surface area (Å²) in [5.74, 6) is 1.41. The molecule has 3 aliphatic rings. The second kappa shape index (κ2) is 5.72. The third-order valence-electron chi connectivity index (χ3n) is 6.76. The molecule has 1 spiro atoms. The summed E-state index contributed by atoms with van der Waals surface area (Å²) in [5, 5.41) is 0. The van der Waals surface area contributed by atoms with Crippen molar-refractivity contribution in [1.82, 2.24) is 0 Å². The number of rotatable bonds is 5. The Hall–Kier alpha value is -1.57. The molecule has 0 bridgehead atoms. The number of carbonyl (C=O) groups excluding carboxylic acids is 1. The topological polar surface area (TPSA) is 26.3 Å². The van der Waals surface area contributed by atoms with Gasteiger partial charge in [0.2, 0.25) is 0 Å². The molecule has 0 saturated carbocycles. The molecule has 4 rings (SSSR count). The van der Waals surface area contributed by atoms with Gasteiger partial charge in [0.05, 0.1) is 5.56 Å². The lowest BCUT2D eigenvalue weighted by Gasteiger charge is -2.59. The third kappa shape index (κ3) is 2.33. The van der Waals surface area contributed by atoms with Gasteiger partial charge < -0.3 is 4.74 Å². The number of aldehydes is 1. The monoisotopic (exact) mass is 338 g/mol. The smallest absolute Gasteiger partial charge is 0.154 e. The number of ether oxygens (including phenoxy) is 1. The van der Waals surface area contributed by atoms with E-state index in [0.717, 1.165) is 36.9 Å². The maximum absolute atomic E-state index is 12.0. The van der Waals surface area contributed by atoms with Gasteiger partial charge in [-0.25, -0.2) is 0 Å². The number of hydrogen-bond donors (Lipinski definition) is 0. The molecule has 2 nitrogen and oxygen atoms in total. The lowest BCUT2D eigenvalue weighted by Crippen LogP contribution is -2.59. The molecular formula is C23H30O2. The van der Waals surface area contributed by atoms with Crippen molar-refractivity contribution >= 4 is 6.29 Å². The summed E-state index contributed by atoms with van der Waals surface area (Å²) in [5.41, 5.74) is 6.13. The standard InChI is InChI=1S/C23H30O2/c1-5-6-7-8-16-11-17-13-23-12-15(2)9-10-19(23)22(3,4)25-21(20(17)23)18(16)14-24/h11-12,14,19H,5-10,13H2,1-4H3/t19-,23-/m0/s1. The van der Waals surface area contributed by atoms with Crippen LogP contribution in [0.15, 0.2) is 17.7 Å². The number of allylic oxidation sites excluding steroid dienone is 2. The third-order valence-corrected chi connectivity index (χ3v) is 6.76. The quantitative estimate of drug-likeness (QED) is 0.399. The highest BCUT2D eigenvalue weighted by molar-refractivity contribution is 5.85. The summed E-state index contributed by atoms with van der Waals surface area (Å²) in [6.45, 7) is 8.90. The first-order valence-corrected chi connectivity index (χ1v) is 9.94. The second-order valence-corrected chi connectivity index (χ2v) is 8.89. The van der Waals surface area contributed by atoms with Gasteiger partial charge >= 0.3 is 0 Å². The molecule has 1 aromatic carbocycles. The lowest BCUT2D eigenvalue weighted by atomic mass is 9.49. The summed E-state index contributed by atoms with van der Waals surface area (Å²) < 4.78 is 6.54. The van der Waals surface area contributed by atoms with Crippen LogP contribution in [-0.2, 0) is 18.3 Å². The molecule has 1 aromatic rings. The van der Waals surface area contributed by atoms with Crippen LogP contribution in [0.4, 0.5) is 0 Å². The van der Waals surface area contributed by atoms with Crippen molar-refractivity contribution in [2.75, 3.05) is 0 Å². The average Bonchev–Trinajstić information content (AvgIpc) is 2.52. The summed E-state index contributed by atoms with van der Waals surface area (Å²) in [7, 11) is 0. The summed E-state index contributed by atoms with van der Waals surface area (Å²) in [4.78, 5) is 12.0. The van der Waals surface area contributed by atoms with E-state index in [1.54, 1.807) is 0 Å². The number of hydrogen-bond acceptors (Lipinski definition) is 2. The van der Waals surface area contributed by atoms with Crippen LogP contribution in [-0.4, -0.2) is 11.9 Å². The van der Waals surface area contributed by atoms with Gasteiger partial charge in [-0.1, -0.05) is 37.5 Å². The minimum Gasteiger partial charge on any atom is -0.486 e. The van der Waals surface area contributed by atoms with Crippen molar-refractivity contribution in [3.8, 4) is 5.75 Å². The molecular weight excluding hydrogens is 308 g/mol. The molecule has 0 saturated heterocycles. The Morgan fingerprint density at radius 3 is 2.84 bits per heavy atom. The van der Waals surface area contributed by atoms with E-state index in [0.29, 0.717) is 5.92 Å². The van der Waals surface area contributed by atoms with Crippen LogP contribution in [0.2, 0.25) is 0 Å². The van der Waals surface area contributed by atoms with Crippen molar-refractivity contribution in [3.63, 3.8) is 0 Å². The van der Waals surface area contributed by atoms with Crippen molar-refractivity contribution in [2.24, 2.45) is 5.92 Å². The van der Waals surface area contributed by atoms with E-state index in [1.807, 2.05) is 0 Å². The summed E-state index contributed by atoms with van der Waals surface area (Å²) in [6, 6.07) is 2.31. The molecule has 0 radical (unpaired) electrons. The number of unbranched alkanes of at least 4 members (excludes halogenated alkanes) is 2. The van der Waals surface area contributed by atoms with Gasteiger partial charge in [-0.3, -0.25) is 4.79 Å². The largest absolute Gasteiger partial charge is 0.486 e. The van der Waals surface area contributed by atoms with Crippen LogP contribution in [0.25, 0.3) is 0 Å². The first-order chi connectivity index (χ1) is 11.9. The Balaban J connectivity index is 1.86.